The second kappa shape index (κ2) is 4.63. The van der Waals surface area contributed by atoms with Crippen LogP contribution in [0.5, 0.6) is 0 Å². The topological polar surface area (TPSA) is 74.0 Å². The zero-order valence-corrected chi connectivity index (χ0v) is 9.39. The molecule has 3 rings (SSSR count). The molecule has 0 aromatic heterocycles. The number of hydrazone groups is 1. The SMILES string of the molecule is CC=N/C(=N\N[C@H]1CCC2CC1C2)C(=O)O. The third-order valence-corrected chi connectivity index (χ3v) is 3.51. The summed E-state index contributed by atoms with van der Waals surface area (Å²) in [4.78, 5) is 14.5. The van der Waals surface area contributed by atoms with Gasteiger partial charge in [-0.3, -0.25) is 0 Å². The summed E-state index contributed by atoms with van der Waals surface area (Å²) in [5.74, 6) is 0.347. The molecule has 3 saturated carbocycles. The van der Waals surface area contributed by atoms with Gasteiger partial charge in [-0.1, -0.05) is 0 Å². The number of hydrogen-bond acceptors (Lipinski definition) is 3. The maximum atomic E-state index is 10.8. The molecule has 0 radical (unpaired) electrons. The highest BCUT2D eigenvalue weighted by Gasteiger charge is 2.39. The minimum Gasteiger partial charge on any atom is -0.475 e. The molecule has 0 aromatic rings. The van der Waals surface area contributed by atoms with Crippen molar-refractivity contribution in [2.45, 2.75) is 38.6 Å². The number of carboxylic acids is 1. The molecule has 3 aliphatic carbocycles. The van der Waals surface area contributed by atoms with Gasteiger partial charge >= 0.3 is 5.97 Å². The van der Waals surface area contributed by atoms with Crippen LogP contribution >= 0.6 is 0 Å². The first kappa shape index (κ1) is 11.1. The lowest BCUT2D eigenvalue weighted by Crippen LogP contribution is -2.46. The van der Waals surface area contributed by atoms with E-state index in [-0.39, 0.29) is 5.84 Å². The molecule has 0 heterocycles. The van der Waals surface area contributed by atoms with E-state index in [1.165, 1.54) is 25.5 Å². The van der Waals surface area contributed by atoms with Crippen molar-refractivity contribution in [2.75, 3.05) is 0 Å². The first-order chi connectivity index (χ1) is 7.70. The van der Waals surface area contributed by atoms with Crippen molar-refractivity contribution in [3.05, 3.63) is 0 Å². The molecule has 1 atom stereocenters. The van der Waals surface area contributed by atoms with Crippen LogP contribution in [0.4, 0.5) is 0 Å². The second-order valence-corrected chi connectivity index (χ2v) is 4.54. The first-order valence-corrected chi connectivity index (χ1v) is 5.76. The molecule has 5 nitrogen and oxygen atoms in total. The third-order valence-electron chi connectivity index (χ3n) is 3.51. The van der Waals surface area contributed by atoms with Gasteiger partial charge in [0.15, 0.2) is 0 Å². The fourth-order valence-corrected chi connectivity index (χ4v) is 2.57. The van der Waals surface area contributed by atoms with E-state index in [4.69, 9.17) is 5.11 Å². The molecule has 0 amide bonds. The Balaban J connectivity index is 1.92. The van der Waals surface area contributed by atoms with E-state index >= 15 is 0 Å². The molecule has 0 unspecified atom stereocenters. The number of amidine groups is 1. The molecule has 3 fully saturated rings. The van der Waals surface area contributed by atoms with Gasteiger partial charge in [-0.25, -0.2) is 9.79 Å². The molecule has 5 heteroatoms. The first-order valence-electron chi connectivity index (χ1n) is 5.76. The maximum absolute atomic E-state index is 10.8. The lowest BCUT2D eigenvalue weighted by molar-refractivity contribution is -0.129. The minimum absolute atomic E-state index is 0.163. The molecule has 2 bridgehead atoms. The Morgan fingerprint density at radius 1 is 1.44 bits per heavy atom. The summed E-state index contributed by atoms with van der Waals surface area (Å²) in [6, 6.07) is 0.339. The standard InChI is InChI=1S/C11H17N3O2/c1-2-12-10(11(15)16)14-13-9-4-3-7-5-8(9)6-7/h2,7-9,13H,3-6H2,1H3,(H,15,16)/b12-2?,14-10-/t7?,8?,9-/m0/s1. The van der Waals surface area contributed by atoms with Crippen LogP contribution < -0.4 is 5.43 Å². The summed E-state index contributed by atoms with van der Waals surface area (Å²) >= 11 is 0. The number of carboxylic acid groups (broad SMARTS) is 1. The number of carbonyl (C=O) groups is 1. The van der Waals surface area contributed by atoms with E-state index in [9.17, 15) is 4.79 Å². The highest BCUT2D eigenvalue weighted by Crippen LogP contribution is 2.45. The smallest absolute Gasteiger partial charge is 0.375 e. The predicted octanol–water partition coefficient (Wildman–Crippen LogP) is 1.25. The van der Waals surface area contributed by atoms with E-state index in [1.807, 2.05) is 0 Å². The number of aliphatic imine (C=N–C) groups is 1. The summed E-state index contributed by atoms with van der Waals surface area (Å²) in [6.07, 6.45) is 6.32. The lowest BCUT2D eigenvalue weighted by Gasteiger charge is -2.46. The summed E-state index contributed by atoms with van der Waals surface area (Å²) in [5, 5.41) is 12.7. The Morgan fingerprint density at radius 3 is 2.69 bits per heavy atom. The minimum atomic E-state index is -1.09. The van der Waals surface area contributed by atoms with Crippen molar-refractivity contribution in [1.82, 2.24) is 5.43 Å². The molecule has 3 aliphatic rings. The quantitative estimate of drug-likeness (QED) is 0.420. The van der Waals surface area contributed by atoms with Gasteiger partial charge in [0.2, 0.25) is 0 Å². The van der Waals surface area contributed by atoms with Crippen LogP contribution in [0.1, 0.15) is 32.6 Å². The van der Waals surface area contributed by atoms with Crippen LogP contribution in [-0.4, -0.2) is 29.2 Å². The average molecular weight is 223 g/mol. The Labute approximate surface area is 94.6 Å². The zero-order valence-electron chi connectivity index (χ0n) is 9.39. The molecule has 0 saturated heterocycles. The van der Waals surface area contributed by atoms with Crippen molar-refractivity contribution in [1.29, 1.82) is 0 Å². The molecule has 88 valence electrons. The van der Waals surface area contributed by atoms with Gasteiger partial charge in [-0.05, 0) is 44.4 Å². The van der Waals surface area contributed by atoms with Crippen molar-refractivity contribution >= 4 is 18.0 Å². The van der Waals surface area contributed by atoms with Crippen LogP contribution in [0.3, 0.4) is 0 Å². The van der Waals surface area contributed by atoms with Gasteiger partial charge in [-0.2, -0.15) is 5.10 Å². The van der Waals surface area contributed by atoms with Crippen LogP contribution in [0.15, 0.2) is 10.1 Å². The van der Waals surface area contributed by atoms with E-state index in [0.717, 1.165) is 12.3 Å². The number of nitrogens with one attached hydrogen (secondary N) is 1. The summed E-state index contributed by atoms with van der Waals surface area (Å²) in [6.45, 7) is 1.68. The van der Waals surface area contributed by atoms with Crippen LogP contribution in [0.25, 0.3) is 0 Å². The number of nitrogens with zero attached hydrogens (tertiary/aromatic N) is 2. The van der Waals surface area contributed by atoms with Crippen LogP contribution in [0.2, 0.25) is 0 Å². The van der Waals surface area contributed by atoms with Gasteiger partial charge in [-0.15, -0.1) is 0 Å². The van der Waals surface area contributed by atoms with Crippen molar-refractivity contribution < 1.29 is 9.90 Å². The van der Waals surface area contributed by atoms with Gasteiger partial charge in [0.25, 0.3) is 5.84 Å². The van der Waals surface area contributed by atoms with E-state index in [0.29, 0.717) is 12.0 Å². The van der Waals surface area contributed by atoms with E-state index in [1.54, 1.807) is 6.92 Å². The molecular formula is C11H17N3O2. The largest absolute Gasteiger partial charge is 0.475 e. The summed E-state index contributed by atoms with van der Waals surface area (Å²) < 4.78 is 0. The van der Waals surface area contributed by atoms with E-state index < -0.39 is 5.97 Å². The maximum Gasteiger partial charge on any atom is 0.375 e. The molecule has 0 aromatic carbocycles. The molecule has 16 heavy (non-hydrogen) atoms. The van der Waals surface area contributed by atoms with Crippen molar-refractivity contribution in [2.24, 2.45) is 21.9 Å². The number of rotatable bonds is 2. The second-order valence-electron chi connectivity index (χ2n) is 4.54. The normalized spacial score (nSPS) is 33.6. The van der Waals surface area contributed by atoms with Crippen LogP contribution in [0, 0.1) is 11.8 Å². The molecular weight excluding hydrogens is 206 g/mol. The Bertz CT molecular complexity index is 329. The Hall–Kier alpha value is -1.39. The van der Waals surface area contributed by atoms with Crippen molar-refractivity contribution in [3.8, 4) is 0 Å². The lowest BCUT2D eigenvalue weighted by atomic mass is 9.63. The fourth-order valence-electron chi connectivity index (χ4n) is 2.57. The Morgan fingerprint density at radius 2 is 2.19 bits per heavy atom. The van der Waals surface area contributed by atoms with Gasteiger partial charge in [0.1, 0.15) is 0 Å². The van der Waals surface area contributed by atoms with Crippen LogP contribution in [-0.2, 0) is 4.79 Å². The molecule has 0 aliphatic heterocycles. The zero-order chi connectivity index (χ0) is 11.5. The fraction of sp³-hybridized carbons (Fsp3) is 0.727. The Kier molecular flexibility index (Phi) is 3.22. The van der Waals surface area contributed by atoms with Gasteiger partial charge < -0.3 is 10.5 Å². The molecule has 2 N–H and O–H groups in total. The monoisotopic (exact) mass is 223 g/mol. The average Bonchev–Trinajstić information content (AvgIpc) is 2.23. The molecule has 0 spiro atoms. The summed E-state index contributed by atoms with van der Waals surface area (Å²) in [7, 11) is 0. The van der Waals surface area contributed by atoms with Gasteiger partial charge in [0, 0.05) is 12.3 Å². The highest BCUT2D eigenvalue weighted by atomic mass is 16.4. The predicted molar refractivity (Wildman–Crippen MR) is 61.6 cm³/mol. The number of aliphatic carboxylic acids is 1. The van der Waals surface area contributed by atoms with Crippen molar-refractivity contribution in [3.63, 3.8) is 0 Å². The number of hydrogen-bond donors (Lipinski definition) is 2. The number of fused-ring (bicyclic) bond motifs is 2. The van der Waals surface area contributed by atoms with E-state index in [2.05, 4.69) is 15.5 Å². The third kappa shape index (κ3) is 2.23. The summed E-state index contributed by atoms with van der Waals surface area (Å²) in [5.41, 5.74) is 2.97. The van der Waals surface area contributed by atoms with Gasteiger partial charge in [0.05, 0.1) is 0 Å². The highest BCUT2D eigenvalue weighted by molar-refractivity contribution is 6.35.